The second kappa shape index (κ2) is 5.71. The summed E-state index contributed by atoms with van der Waals surface area (Å²) in [6, 6.07) is -0.558. The maximum absolute atomic E-state index is 10.5. The van der Waals surface area contributed by atoms with Crippen LogP contribution >= 0.6 is 0 Å². The summed E-state index contributed by atoms with van der Waals surface area (Å²) in [6.45, 7) is 1.55. The number of nitrogens with two attached hydrogens (primary N) is 2. The van der Waals surface area contributed by atoms with E-state index in [1.54, 1.807) is 6.92 Å². The zero-order chi connectivity index (χ0) is 9.56. The SMILES string of the molecule is CC(=O)CCCCC(N)C(N)=O. The Balaban J connectivity index is 3.31. The molecular weight excluding hydrogens is 156 g/mol. The van der Waals surface area contributed by atoms with E-state index in [9.17, 15) is 9.59 Å². The van der Waals surface area contributed by atoms with Gasteiger partial charge >= 0.3 is 0 Å². The lowest BCUT2D eigenvalue weighted by Crippen LogP contribution is -2.36. The zero-order valence-electron chi connectivity index (χ0n) is 7.38. The fourth-order valence-corrected chi connectivity index (χ4v) is 0.880. The third kappa shape index (κ3) is 5.85. The number of primary amides is 1. The van der Waals surface area contributed by atoms with Gasteiger partial charge in [-0.15, -0.1) is 0 Å². The van der Waals surface area contributed by atoms with Gasteiger partial charge in [-0.05, 0) is 19.8 Å². The van der Waals surface area contributed by atoms with Crippen LogP contribution in [0.4, 0.5) is 0 Å². The molecule has 0 bridgehead atoms. The Bertz CT molecular complexity index is 168. The maximum Gasteiger partial charge on any atom is 0.234 e. The first-order valence-electron chi connectivity index (χ1n) is 4.08. The molecule has 1 unspecified atom stereocenters. The van der Waals surface area contributed by atoms with E-state index < -0.39 is 11.9 Å². The molecule has 0 aromatic heterocycles. The van der Waals surface area contributed by atoms with Gasteiger partial charge in [0.25, 0.3) is 0 Å². The topological polar surface area (TPSA) is 86.2 Å². The van der Waals surface area contributed by atoms with Gasteiger partial charge in [-0.1, -0.05) is 6.42 Å². The molecule has 0 heterocycles. The van der Waals surface area contributed by atoms with Crippen LogP contribution in [0.2, 0.25) is 0 Å². The van der Waals surface area contributed by atoms with Crippen molar-refractivity contribution in [3.63, 3.8) is 0 Å². The van der Waals surface area contributed by atoms with Gasteiger partial charge in [-0.25, -0.2) is 0 Å². The highest BCUT2D eigenvalue weighted by Gasteiger charge is 2.07. The van der Waals surface area contributed by atoms with Crippen LogP contribution in [0.3, 0.4) is 0 Å². The summed E-state index contributed by atoms with van der Waals surface area (Å²) in [5.74, 6) is -0.305. The van der Waals surface area contributed by atoms with Gasteiger partial charge in [-0.3, -0.25) is 4.79 Å². The average Bonchev–Trinajstić information content (AvgIpc) is 1.97. The van der Waals surface area contributed by atoms with E-state index in [0.717, 1.165) is 12.8 Å². The van der Waals surface area contributed by atoms with Crippen molar-refractivity contribution < 1.29 is 9.59 Å². The molecule has 1 atom stereocenters. The Hall–Kier alpha value is -0.900. The lowest BCUT2D eigenvalue weighted by Gasteiger charge is -2.05. The van der Waals surface area contributed by atoms with Crippen LogP contribution in [0.15, 0.2) is 0 Å². The van der Waals surface area contributed by atoms with Crippen LogP contribution in [-0.2, 0) is 9.59 Å². The van der Waals surface area contributed by atoms with Gasteiger partial charge in [-0.2, -0.15) is 0 Å². The normalized spacial score (nSPS) is 12.5. The monoisotopic (exact) mass is 172 g/mol. The first-order valence-corrected chi connectivity index (χ1v) is 4.08. The second-order valence-electron chi connectivity index (χ2n) is 2.96. The number of hydrogen-bond donors (Lipinski definition) is 2. The number of hydrogen-bond acceptors (Lipinski definition) is 3. The largest absolute Gasteiger partial charge is 0.368 e. The van der Waals surface area contributed by atoms with Crippen LogP contribution in [0.5, 0.6) is 0 Å². The molecule has 70 valence electrons. The van der Waals surface area contributed by atoms with Crippen LogP contribution in [0, 0.1) is 0 Å². The van der Waals surface area contributed by atoms with Crippen molar-refractivity contribution >= 4 is 11.7 Å². The Morgan fingerprint density at radius 3 is 2.33 bits per heavy atom. The summed E-state index contributed by atoms with van der Waals surface area (Å²) in [5.41, 5.74) is 10.3. The molecule has 0 aromatic carbocycles. The minimum atomic E-state index is -0.558. The number of ketones is 1. The third-order valence-electron chi connectivity index (χ3n) is 1.66. The molecule has 0 aliphatic carbocycles. The smallest absolute Gasteiger partial charge is 0.234 e. The Morgan fingerprint density at radius 1 is 1.33 bits per heavy atom. The van der Waals surface area contributed by atoms with Crippen molar-refractivity contribution in [2.75, 3.05) is 0 Å². The van der Waals surface area contributed by atoms with Crippen LogP contribution in [0.1, 0.15) is 32.6 Å². The van der Waals surface area contributed by atoms with Gasteiger partial charge < -0.3 is 16.3 Å². The molecule has 4 nitrogen and oxygen atoms in total. The number of unbranched alkanes of at least 4 members (excludes halogenated alkanes) is 1. The van der Waals surface area contributed by atoms with Crippen LogP contribution in [-0.4, -0.2) is 17.7 Å². The van der Waals surface area contributed by atoms with Crippen molar-refractivity contribution in [3.05, 3.63) is 0 Å². The van der Waals surface area contributed by atoms with Crippen molar-refractivity contribution in [1.82, 2.24) is 0 Å². The van der Waals surface area contributed by atoms with Crippen molar-refractivity contribution in [3.8, 4) is 0 Å². The fourth-order valence-electron chi connectivity index (χ4n) is 0.880. The average molecular weight is 172 g/mol. The van der Waals surface area contributed by atoms with E-state index in [-0.39, 0.29) is 5.78 Å². The summed E-state index contributed by atoms with van der Waals surface area (Å²) in [4.78, 5) is 21.0. The lowest BCUT2D eigenvalue weighted by atomic mass is 10.1. The Morgan fingerprint density at radius 2 is 1.92 bits per heavy atom. The number of rotatable bonds is 6. The molecule has 0 spiro atoms. The minimum absolute atomic E-state index is 0.169. The molecule has 12 heavy (non-hydrogen) atoms. The van der Waals surface area contributed by atoms with Gasteiger partial charge in [0.2, 0.25) is 5.91 Å². The minimum Gasteiger partial charge on any atom is -0.368 e. The summed E-state index contributed by atoms with van der Waals surface area (Å²) >= 11 is 0. The molecule has 0 aliphatic heterocycles. The van der Waals surface area contributed by atoms with E-state index in [1.165, 1.54) is 0 Å². The number of carbonyl (C=O) groups excluding carboxylic acids is 2. The maximum atomic E-state index is 10.5. The molecule has 0 aliphatic rings. The molecule has 4 heteroatoms. The highest BCUT2D eigenvalue weighted by molar-refractivity contribution is 5.79. The van der Waals surface area contributed by atoms with Crippen molar-refractivity contribution in [1.29, 1.82) is 0 Å². The highest BCUT2D eigenvalue weighted by Crippen LogP contribution is 2.02. The van der Waals surface area contributed by atoms with Crippen LogP contribution in [0.25, 0.3) is 0 Å². The zero-order valence-corrected chi connectivity index (χ0v) is 7.38. The predicted molar refractivity (Wildman–Crippen MR) is 46.3 cm³/mol. The molecule has 4 N–H and O–H groups in total. The summed E-state index contributed by atoms with van der Waals surface area (Å²) in [6.07, 6.45) is 2.70. The molecule has 0 saturated carbocycles. The summed E-state index contributed by atoms with van der Waals surface area (Å²) in [5, 5.41) is 0. The molecule has 0 saturated heterocycles. The van der Waals surface area contributed by atoms with E-state index in [0.29, 0.717) is 12.8 Å². The molecule has 0 fully saturated rings. The number of carbonyl (C=O) groups is 2. The molecule has 0 radical (unpaired) electrons. The van der Waals surface area contributed by atoms with Gasteiger partial charge in [0.05, 0.1) is 6.04 Å². The van der Waals surface area contributed by atoms with E-state index in [1.807, 2.05) is 0 Å². The van der Waals surface area contributed by atoms with Gasteiger partial charge in [0, 0.05) is 6.42 Å². The van der Waals surface area contributed by atoms with Gasteiger partial charge in [0.15, 0.2) is 0 Å². The first-order chi connectivity index (χ1) is 5.54. The van der Waals surface area contributed by atoms with Crippen LogP contribution < -0.4 is 11.5 Å². The first kappa shape index (κ1) is 11.1. The Labute approximate surface area is 72.3 Å². The fraction of sp³-hybridized carbons (Fsp3) is 0.750. The second-order valence-corrected chi connectivity index (χ2v) is 2.96. The number of Topliss-reactive ketones (excluding diaryl/α,β-unsaturated/α-hetero) is 1. The predicted octanol–water partition coefficient (Wildman–Crippen LogP) is -0.0516. The highest BCUT2D eigenvalue weighted by atomic mass is 16.1. The van der Waals surface area contributed by atoms with E-state index in [2.05, 4.69) is 0 Å². The summed E-state index contributed by atoms with van der Waals surface area (Å²) < 4.78 is 0. The standard InChI is InChI=1S/C8H16N2O2/c1-6(11)4-2-3-5-7(9)8(10)12/h7H,2-5,9H2,1H3,(H2,10,12). The van der Waals surface area contributed by atoms with Crippen molar-refractivity contribution in [2.45, 2.75) is 38.6 Å². The van der Waals surface area contributed by atoms with Crippen molar-refractivity contribution in [2.24, 2.45) is 11.5 Å². The van der Waals surface area contributed by atoms with E-state index >= 15 is 0 Å². The molecule has 0 aromatic rings. The molecule has 1 amide bonds. The lowest BCUT2D eigenvalue weighted by molar-refractivity contribution is -0.119. The van der Waals surface area contributed by atoms with Gasteiger partial charge in [0.1, 0.15) is 5.78 Å². The molecule has 0 rings (SSSR count). The third-order valence-corrected chi connectivity index (χ3v) is 1.66. The Kier molecular flexibility index (Phi) is 5.28. The number of amides is 1. The summed E-state index contributed by atoms with van der Waals surface area (Å²) in [7, 11) is 0. The quantitative estimate of drug-likeness (QED) is 0.551. The molecular formula is C8H16N2O2. The van der Waals surface area contributed by atoms with E-state index in [4.69, 9.17) is 11.5 Å².